The maximum Gasteiger partial charge on any atom is 0.417 e. The molecular formula is C6H8F4O. The highest BCUT2D eigenvalue weighted by Gasteiger charge is 2.49. The summed E-state index contributed by atoms with van der Waals surface area (Å²) >= 11 is 0. The number of halogens is 4. The van der Waals surface area contributed by atoms with Crippen molar-refractivity contribution < 1.29 is 22.7 Å². The largest absolute Gasteiger partial charge is 0.417 e. The van der Waals surface area contributed by atoms with E-state index >= 15 is 0 Å². The number of rotatable bonds is 2. The van der Waals surface area contributed by atoms with E-state index in [1.54, 1.807) is 0 Å². The lowest BCUT2D eigenvalue weighted by atomic mass is 10.0. The van der Waals surface area contributed by atoms with Gasteiger partial charge in [-0.05, 0) is 6.92 Å². The third-order valence-electron chi connectivity index (χ3n) is 1.24. The van der Waals surface area contributed by atoms with Crippen LogP contribution in [0.1, 0.15) is 6.92 Å². The third-order valence-corrected chi connectivity index (χ3v) is 1.24. The first kappa shape index (κ1) is 10.4. The van der Waals surface area contributed by atoms with Gasteiger partial charge in [0.1, 0.15) is 0 Å². The van der Waals surface area contributed by atoms with E-state index in [0.29, 0.717) is 13.0 Å². The minimum atomic E-state index is -4.95. The Hall–Kier alpha value is -0.580. The topological polar surface area (TPSA) is 20.2 Å². The summed E-state index contributed by atoms with van der Waals surface area (Å²) in [5, 5.41) is 8.34. The Bertz CT molecular complexity index is 149. The molecule has 0 saturated heterocycles. The van der Waals surface area contributed by atoms with Crippen molar-refractivity contribution in [1.29, 1.82) is 0 Å². The van der Waals surface area contributed by atoms with Crippen LogP contribution in [0.5, 0.6) is 0 Å². The van der Waals surface area contributed by atoms with Crippen LogP contribution in [0.15, 0.2) is 12.7 Å². The van der Waals surface area contributed by atoms with Gasteiger partial charge >= 0.3 is 6.18 Å². The standard InChI is InChI=1S/C6H8F4O/c1-3-5(2,7)4(11)6(8,9)10/h3-4,11H,1H2,2H3. The van der Waals surface area contributed by atoms with Crippen molar-refractivity contribution in [2.24, 2.45) is 0 Å². The number of aliphatic hydroxyl groups excluding tert-OH is 1. The van der Waals surface area contributed by atoms with Gasteiger partial charge in [0, 0.05) is 0 Å². The second-order valence-corrected chi connectivity index (χ2v) is 2.30. The normalized spacial score (nSPS) is 20.5. The second-order valence-electron chi connectivity index (χ2n) is 2.30. The van der Waals surface area contributed by atoms with Crippen molar-refractivity contribution >= 4 is 0 Å². The molecule has 0 rings (SSSR count). The molecular weight excluding hydrogens is 164 g/mol. The molecule has 5 heteroatoms. The van der Waals surface area contributed by atoms with Gasteiger partial charge < -0.3 is 5.11 Å². The fourth-order valence-electron chi connectivity index (χ4n) is 0.432. The first-order valence-electron chi connectivity index (χ1n) is 2.79. The van der Waals surface area contributed by atoms with Gasteiger partial charge in [-0.15, -0.1) is 0 Å². The second kappa shape index (κ2) is 2.81. The first-order chi connectivity index (χ1) is 4.72. The van der Waals surface area contributed by atoms with Gasteiger partial charge in [0.15, 0.2) is 11.8 Å². The minimum absolute atomic E-state index is 0.422. The molecule has 0 amide bonds. The molecule has 0 aliphatic carbocycles. The van der Waals surface area contributed by atoms with Crippen molar-refractivity contribution in [2.45, 2.75) is 24.9 Å². The first-order valence-corrected chi connectivity index (χ1v) is 2.79. The van der Waals surface area contributed by atoms with Gasteiger partial charge in [-0.1, -0.05) is 12.7 Å². The molecule has 0 aliphatic rings. The Morgan fingerprint density at radius 3 is 1.82 bits per heavy atom. The van der Waals surface area contributed by atoms with E-state index in [-0.39, 0.29) is 0 Å². The predicted molar refractivity (Wildman–Crippen MR) is 31.8 cm³/mol. The van der Waals surface area contributed by atoms with Crippen LogP contribution in [0.2, 0.25) is 0 Å². The van der Waals surface area contributed by atoms with Gasteiger partial charge in [-0.3, -0.25) is 0 Å². The fraction of sp³-hybridized carbons (Fsp3) is 0.667. The molecule has 0 saturated carbocycles. The molecule has 0 aliphatic heterocycles. The number of hydrogen-bond acceptors (Lipinski definition) is 1. The van der Waals surface area contributed by atoms with Gasteiger partial charge in [-0.2, -0.15) is 13.2 Å². The number of hydrogen-bond donors (Lipinski definition) is 1. The van der Waals surface area contributed by atoms with Crippen LogP contribution in [-0.4, -0.2) is 23.1 Å². The van der Waals surface area contributed by atoms with Gasteiger partial charge in [0.2, 0.25) is 0 Å². The predicted octanol–water partition coefficient (Wildman–Crippen LogP) is 1.82. The molecule has 0 spiro atoms. The summed E-state index contributed by atoms with van der Waals surface area (Å²) in [6.07, 6.45) is -7.53. The highest BCUT2D eigenvalue weighted by molar-refractivity contribution is 5.00. The van der Waals surface area contributed by atoms with Crippen molar-refractivity contribution in [3.63, 3.8) is 0 Å². The summed E-state index contributed by atoms with van der Waals surface area (Å²) in [7, 11) is 0. The summed E-state index contributed by atoms with van der Waals surface area (Å²) < 4.78 is 47.4. The van der Waals surface area contributed by atoms with Crippen molar-refractivity contribution in [3.8, 4) is 0 Å². The summed E-state index contributed by atoms with van der Waals surface area (Å²) in [6, 6.07) is 0. The van der Waals surface area contributed by atoms with E-state index in [2.05, 4.69) is 6.58 Å². The summed E-state index contributed by atoms with van der Waals surface area (Å²) in [5.74, 6) is 0. The third kappa shape index (κ3) is 2.49. The SMILES string of the molecule is C=CC(C)(F)C(O)C(F)(F)F. The lowest BCUT2D eigenvalue weighted by Crippen LogP contribution is -2.44. The molecule has 0 fully saturated rings. The van der Waals surface area contributed by atoms with E-state index in [4.69, 9.17) is 5.11 Å². The van der Waals surface area contributed by atoms with Crippen molar-refractivity contribution in [2.75, 3.05) is 0 Å². The van der Waals surface area contributed by atoms with Crippen LogP contribution < -0.4 is 0 Å². The zero-order valence-corrected chi connectivity index (χ0v) is 5.82. The van der Waals surface area contributed by atoms with Crippen molar-refractivity contribution in [1.82, 2.24) is 0 Å². The maximum absolute atomic E-state index is 12.6. The van der Waals surface area contributed by atoms with Crippen LogP contribution in [-0.2, 0) is 0 Å². The number of alkyl halides is 4. The molecule has 0 aromatic carbocycles. The molecule has 0 aromatic heterocycles. The van der Waals surface area contributed by atoms with Crippen LogP contribution in [0.3, 0.4) is 0 Å². The molecule has 2 unspecified atom stereocenters. The van der Waals surface area contributed by atoms with Gasteiger partial charge in [0.25, 0.3) is 0 Å². The molecule has 66 valence electrons. The molecule has 1 nitrogen and oxygen atoms in total. The maximum atomic E-state index is 12.6. The molecule has 0 bridgehead atoms. The molecule has 0 heterocycles. The zero-order chi connectivity index (χ0) is 9.28. The van der Waals surface area contributed by atoms with E-state index < -0.39 is 17.9 Å². The number of aliphatic hydroxyl groups is 1. The van der Waals surface area contributed by atoms with E-state index in [1.165, 1.54) is 0 Å². The van der Waals surface area contributed by atoms with Crippen LogP contribution in [0, 0.1) is 0 Å². The lowest BCUT2D eigenvalue weighted by molar-refractivity contribution is -0.231. The van der Waals surface area contributed by atoms with Crippen LogP contribution >= 0.6 is 0 Å². The quantitative estimate of drug-likeness (QED) is 0.497. The van der Waals surface area contributed by atoms with Gasteiger partial charge in [-0.25, -0.2) is 4.39 Å². The van der Waals surface area contributed by atoms with E-state index in [1.807, 2.05) is 0 Å². The zero-order valence-electron chi connectivity index (χ0n) is 5.82. The summed E-state index contributed by atoms with van der Waals surface area (Å²) in [6.45, 7) is 3.44. The van der Waals surface area contributed by atoms with E-state index in [0.717, 1.165) is 0 Å². The Morgan fingerprint density at radius 1 is 1.36 bits per heavy atom. The summed E-state index contributed by atoms with van der Waals surface area (Å²) in [4.78, 5) is 0. The lowest BCUT2D eigenvalue weighted by Gasteiger charge is -2.24. The average Bonchev–Trinajstić information content (AvgIpc) is 1.84. The van der Waals surface area contributed by atoms with Crippen molar-refractivity contribution in [3.05, 3.63) is 12.7 Å². The van der Waals surface area contributed by atoms with E-state index in [9.17, 15) is 17.6 Å². The average molecular weight is 172 g/mol. The Balaban J connectivity index is 4.48. The monoisotopic (exact) mass is 172 g/mol. The molecule has 0 radical (unpaired) electrons. The molecule has 11 heavy (non-hydrogen) atoms. The van der Waals surface area contributed by atoms with Crippen LogP contribution in [0.25, 0.3) is 0 Å². The van der Waals surface area contributed by atoms with Gasteiger partial charge in [0.05, 0.1) is 0 Å². The Labute approximate surface area is 61.3 Å². The minimum Gasteiger partial charge on any atom is -0.381 e. The fourth-order valence-corrected chi connectivity index (χ4v) is 0.432. The highest BCUT2D eigenvalue weighted by Crippen LogP contribution is 2.31. The molecule has 2 atom stereocenters. The smallest absolute Gasteiger partial charge is 0.381 e. The van der Waals surface area contributed by atoms with Crippen LogP contribution in [0.4, 0.5) is 17.6 Å². The summed E-state index contributed by atoms with van der Waals surface area (Å²) in [5.41, 5.74) is -2.82. The molecule has 0 aromatic rings. The Kier molecular flexibility index (Phi) is 2.66. The Morgan fingerprint density at radius 2 is 1.73 bits per heavy atom. The molecule has 1 N–H and O–H groups in total. The highest BCUT2D eigenvalue weighted by atomic mass is 19.4.